The van der Waals surface area contributed by atoms with Crippen LogP contribution in [0, 0.1) is 0 Å². The van der Waals surface area contributed by atoms with E-state index >= 15 is 0 Å². The average molecular weight is 552 g/mol. The van der Waals surface area contributed by atoms with Gasteiger partial charge in [0.1, 0.15) is 0 Å². The number of hydrogen-bond donors (Lipinski definition) is 0. The van der Waals surface area contributed by atoms with Gasteiger partial charge in [-0.05, 0) is 47.5 Å². The van der Waals surface area contributed by atoms with Crippen LogP contribution in [-0.4, -0.2) is 76.5 Å². The summed E-state index contributed by atoms with van der Waals surface area (Å²) in [5, 5.41) is 6.95. The fourth-order valence-electron chi connectivity index (χ4n) is 5.32. The van der Waals surface area contributed by atoms with E-state index in [-0.39, 0.29) is 6.04 Å². The Labute approximate surface area is 242 Å². The minimum absolute atomic E-state index is 0.0388. The van der Waals surface area contributed by atoms with Gasteiger partial charge < -0.3 is 24.0 Å². The van der Waals surface area contributed by atoms with Crippen molar-refractivity contribution in [2.24, 2.45) is 5.10 Å². The predicted molar refractivity (Wildman–Crippen MR) is 166 cm³/mol. The maximum Gasteiger partial charge on any atom is 0.214 e. The summed E-state index contributed by atoms with van der Waals surface area (Å²) >= 11 is 0. The molecule has 0 bridgehead atoms. The van der Waals surface area contributed by atoms with Crippen LogP contribution in [0.3, 0.4) is 0 Å². The van der Waals surface area contributed by atoms with Crippen molar-refractivity contribution < 1.29 is 14.2 Å². The highest BCUT2D eigenvalue weighted by Crippen LogP contribution is 2.27. The molecule has 1 unspecified atom stereocenters. The molecule has 0 aliphatic carbocycles. The first-order valence-electron chi connectivity index (χ1n) is 14.3. The van der Waals surface area contributed by atoms with E-state index in [4.69, 9.17) is 19.3 Å². The summed E-state index contributed by atoms with van der Waals surface area (Å²) in [5.41, 5.74) is 5.79. The standard InChI is InChI=1S/C33H37N5O3/c1-39-33-4-2-3-32(34-33)38-31(16-10-27-8-14-30(15-9-27)37-19-23-41-24-20-37)25-28(35-38)11-5-26-6-12-29(13-7-26)36-17-21-40-22-18-36/h2-16,31H,17-25H2,1H3. The van der Waals surface area contributed by atoms with Gasteiger partial charge in [0.25, 0.3) is 0 Å². The van der Waals surface area contributed by atoms with Crippen molar-refractivity contribution in [3.05, 3.63) is 90.0 Å². The Hall–Kier alpha value is -4.14. The van der Waals surface area contributed by atoms with Crippen molar-refractivity contribution in [1.82, 2.24) is 4.98 Å². The third-order valence-electron chi connectivity index (χ3n) is 7.64. The highest BCUT2D eigenvalue weighted by atomic mass is 16.5. The second kappa shape index (κ2) is 13.0. The molecule has 0 spiro atoms. The maximum absolute atomic E-state index is 5.49. The van der Waals surface area contributed by atoms with Crippen LogP contribution < -0.4 is 19.5 Å². The van der Waals surface area contributed by atoms with Crippen molar-refractivity contribution in [3.8, 4) is 5.88 Å². The summed E-state index contributed by atoms with van der Waals surface area (Å²) < 4.78 is 16.4. The third kappa shape index (κ3) is 6.78. The van der Waals surface area contributed by atoms with Gasteiger partial charge in [0, 0.05) is 50.0 Å². The molecule has 4 heterocycles. The molecule has 1 aromatic heterocycles. The van der Waals surface area contributed by atoms with Crippen LogP contribution in [0.1, 0.15) is 17.5 Å². The number of ether oxygens (including phenoxy) is 3. The Morgan fingerprint density at radius 1 is 0.732 bits per heavy atom. The van der Waals surface area contributed by atoms with Crippen LogP contribution in [0.2, 0.25) is 0 Å². The first-order valence-corrected chi connectivity index (χ1v) is 14.3. The molecule has 0 N–H and O–H groups in total. The van der Waals surface area contributed by atoms with Crippen LogP contribution in [-0.2, 0) is 9.47 Å². The van der Waals surface area contributed by atoms with E-state index in [1.165, 1.54) is 11.4 Å². The van der Waals surface area contributed by atoms with E-state index < -0.39 is 0 Å². The van der Waals surface area contributed by atoms with Crippen LogP contribution >= 0.6 is 0 Å². The maximum atomic E-state index is 5.49. The fraction of sp³-hybridized carbons (Fsp3) is 0.333. The number of methoxy groups -OCH3 is 1. The van der Waals surface area contributed by atoms with Crippen molar-refractivity contribution in [2.75, 3.05) is 74.5 Å². The van der Waals surface area contributed by atoms with Gasteiger partial charge in [-0.1, -0.05) is 48.6 Å². The zero-order valence-electron chi connectivity index (χ0n) is 23.6. The molecule has 1 atom stereocenters. The Kier molecular flexibility index (Phi) is 8.59. The lowest BCUT2D eigenvalue weighted by Crippen LogP contribution is -2.36. The highest BCUT2D eigenvalue weighted by molar-refractivity contribution is 6.01. The Bertz CT molecular complexity index is 1370. The van der Waals surface area contributed by atoms with Crippen molar-refractivity contribution >= 4 is 35.1 Å². The molecule has 8 heteroatoms. The molecule has 41 heavy (non-hydrogen) atoms. The summed E-state index contributed by atoms with van der Waals surface area (Å²) in [5.74, 6) is 1.34. The van der Waals surface area contributed by atoms with Crippen LogP contribution in [0.25, 0.3) is 12.2 Å². The van der Waals surface area contributed by atoms with Gasteiger partial charge in [-0.25, -0.2) is 5.01 Å². The van der Waals surface area contributed by atoms with E-state index in [0.29, 0.717) is 5.88 Å². The minimum atomic E-state index is 0.0388. The molecule has 0 radical (unpaired) electrons. The number of hydrazone groups is 1. The molecule has 6 rings (SSSR count). The van der Waals surface area contributed by atoms with Crippen molar-refractivity contribution in [2.45, 2.75) is 12.5 Å². The quantitative estimate of drug-likeness (QED) is 0.385. The lowest BCUT2D eigenvalue weighted by molar-refractivity contribution is 0.122. The Balaban J connectivity index is 1.17. The average Bonchev–Trinajstić information content (AvgIpc) is 3.47. The van der Waals surface area contributed by atoms with E-state index in [9.17, 15) is 0 Å². The van der Waals surface area contributed by atoms with E-state index in [1.54, 1.807) is 7.11 Å². The lowest BCUT2D eigenvalue weighted by Gasteiger charge is -2.28. The van der Waals surface area contributed by atoms with E-state index in [1.807, 2.05) is 23.2 Å². The van der Waals surface area contributed by atoms with Gasteiger partial charge >= 0.3 is 0 Å². The monoisotopic (exact) mass is 551 g/mol. The summed E-state index contributed by atoms with van der Waals surface area (Å²) in [6.07, 6.45) is 9.42. The Morgan fingerprint density at radius 3 is 1.90 bits per heavy atom. The topological polar surface area (TPSA) is 62.7 Å². The minimum Gasteiger partial charge on any atom is -0.481 e. The summed E-state index contributed by atoms with van der Waals surface area (Å²) in [6, 6.07) is 23.2. The molecular weight excluding hydrogens is 514 g/mol. The largest absolute Gasteiger partial charge is 0.481 e. The number of aromatic nitrogens is 1. The van der Waals surface area contributed by atoms with Crippen LogP contribution in [0.15, 0.2) is 84.0 Å². The SMILES string of the molecule is COc1cccc(N2N=C(C=Cc3ccc(N4CCOCC4)cc3)CC2C=Cc2ccc(N3CCOCC3)cc2)n1. The second-order valence-corrected chi connectivity index (χ2v) is 10.3. The number of rotatable bonds is 8. The van der Waals surface area contributed by atoms with E-state index in [2.05, 4.69) is 87.6 Å². The van der Waals surface area contributed by atoms with Gasteiger partial charge in [-0.3, -0.25) is 0 Å². The normalized spacial score (nSPS) is 19.8. The molecule has 3 aliphatic heterocycles. The van der Waals surface area contributed by atoms with E-state index in [0.717, 1.165) is 81.7 Å². The predicted octanol–water partition coefficient (Wildman–Crippen LogP) is 5.12. The number of anilines is 3. The third-order valence-corrected chi connectivity index (χ3v) is 7.64. The van der Waals surface area contributed by atoms with Crippen molar-refractivity contribution in [1.29, 1.82) is 0 Å². The molecule has 0 saturated carbocycles. The highest BCUT2D eigenvalue weighted by Gasteiger charge is 2.26. The lowest BCUT2D eigenvalue weighted by atomic mass is 10.1. The molecule has 2 fully saturated rings. The Morgan fingerprint density at radius 2 is 1.32 bits per heavy atom. The summed E-state index contributed by atoms with van der Waals surface area (Å²) in [4.78, 5) is 9.39. The van der Waals surface area contributed by atoms with Crippen LogP contribution in [0.5, 0.6) is 5.88 Å². The smallest absolute Gasteiger partial charge is 0.214 e. The zero-order chi connectivity index (χ0) is 27.9. The first kappa shape index (κ1) is 27.1. The molecular formula is C33H37N5O3. The first-order chi connectivity index (χ1) is 20.2. The summed E-state index contributed by atoms with van der Waals surface area (Å²) in [6.45, 7) is 6.89. The molecule has 2 saturated heterocycles. The molecule has 3 aliphatic rings. The molecule has 212 valence electrons. The van der Waals surface area contributed by atoms with Gasteiger partial charge in [0.05, 0.1) is 45.3 Å². The van der Waals surface area contributed by atoms with Gasteiger partial charge in [-0.2, -0.15) is 10.1 Å². The van der Waals surface area contributed by atoms with Crippen LogP contribution in [0.4, 0.5) is 17.2 Å². The fourth-order valence-corrected chi connectivity index (χ4v) is 5.32. The van der Waals surface area contributed by atoms with Gasteiger partial charge in [0.15, 0.2) is 5.82 Å². The molecule has 0 amide bonds. The number of hydrogen-bond acceptors (Lipinski definition) is 8. The van der Waals surface area contributed by atoms with Crippen molar-refractivity contribution in [3.63, 3.8) is 0 Å². The molecule has 2 aromatic carbocycles. The number of pyridine rings is 1. The number of morpholine rings is 2. The number of allylic oxidation sites excluding steroid dienone is 1. The molecule has 3 aromatic rings. The second-order valence-electron chi connectivity index (χ2n) is 10.3. The summed E-state index contributed by atoms with van der Waals surface area (Å²) in [7, 11) is 1.63. The zero-order valence-corrected chi connectivity index (χ0v) is 23.6. The molecule has 8 nitrogen and oxygen atoms in total. The number of nitrogens with zero attached hydrogens (tertiary/aromatic N) is 5. The van der Waals surface area contributed by atoms with Gasteiger partial charge in [0.2, 0.25) is 5.88 Å². The van der Waals surface area contributed by atoms with Gasteiger partial charge in [-0.15, -0.1) is 0 Å². The number of benzene rings is 2.